The zero-order chi connectivity index (χ0) is 20.3. The number of nitrogens with one attached hydrogen (secondary N) is 1. The van der Waals surface area contributed by atoms with Crippen molar-refractivity contribution in [2.45, 2.75) is 13.5 Å². The first-order valence-corrected chi connectivity index (χ1v) is 10.3. The number of benzene rings is 1. The van der Waals surface area contributed by atoms with Crippen LogP contribution in [0.4, 0.5) is 17.3 Å². The lowest BCUT2D eigenvalue weighted by Gasteiger charge is -2.29. The average Bonchev–Trinajstić information content (AvgIpc) is 3.19. The molecule has 1 fully saturated rings. The lowest BCUT2D eigenvalue weighted by molar-refractivity contribution is 0.122. The Balaban J connectivity index is 1.44. The van der Waals surface area contributed by atoms with Crippen molar-refractivity contribution in [3.63, 3.8) is 0 Å². The number of aryl methyl sites for hydroxylation is 1. The summed E-state index contributed by atoms with van der Waals surface area (Å²) in [6.07, 6.45) is 7.66. The van der Waals surface area contributed by atoms with Crippen molar-refractivity contribution in [1.82, 2.24) is 19.5 Å². The molecule has 0 radical (unpaired) electrons. The fraction of sp³-hybridized carbons (Fsp3) is 0.261. The maximum Gasteiger partial charge on any atom is 0.227 e. The standard InChI is InChI=1S/C23H24N6O/c1-2-28-16-20(19-6-8-24-15-22(19)28)21-7-9-25-23(27-21)26-17-4-3-5-18(14-17)29-10-12-30-13-11-29/h3-9,14-16H,2,10-13H2,1H3,(H,25,26,27). The topological polar surface area (TPSA) is 68.1 Å². The molecule has 152 valence electrons. The van der Waals surface area contributed by atoms with Gasteiger partial charge in [0, 0.05) is 60.5 Å². The highest BCUT2D eigenvalue weighted by atomic mass is 16.5. The molecule has 1 aliphatic rings. The first-order chi connectivity index (χ1) is 14.8. The normalized spacial score (nSPS) is 14.2. The van der Waals surface area contributed by atoms with E-state index in [1.54, 1.807) is 6.20 Å². The average molecular weight is 400 g/mol. The van der Waals surface area contributed by atoms with Crippen LogP contribution in [0, 0.1) is 0 Å². The van der Waals surface area contributed by atoms with Crippen LogP contribution in [0.25, 0.3) is 22.2 Å². The summed E-state index contributed by atoms with van der Waals surface area (Å²) in [6, 6.07) is 12.3. The van der Waals surface area contributed by atoms with E-state index in [9.17, 15) is 0 Å². The summed E-state index contributed by atoms with van der Waals surface area (Å²) in [5.74, 6) is 0.582. The number of anilines is 3. The first-order valence-electron chi connectivity index (χ1n) is 10.3. The van der Waals surface area contributed by atoms with Crippen LogP contribution in [-0.2, 0) is 11.3 Å². The van der Waals surface area contributed by atoms with E-state index in [0.717, 1.165) is 60.7 Å². The largest absolute Gasteiger partial charge is 0.378 e. The lowest BCUT2D eigenvalue weighted by Crippen LogP contribution is -2.36. The zero-order valence-electron chi connectivity index (χ0n) is 17.0. The van der Waals surface area contributed by atoms with Crippen LogP contribution in [0.15, 0.2) is 61.2 Å². The molecule has 4 heterocycles. The molecule has 3 aromatic heterocycles. The van der Waals surface area contributed by atoms with Crippen LogP contribution in [-0.4, -0.2) is 45.8 Å². The maximum atomic E-state index is 5.46. The number of fused-ring (bicyclic) bond motifs is 1. The first kappa shape index (κ1) is 18.6. The van der Waals surface area contributed by atoms with Crippen molar-refractivity contribution in [2.24, 2.45) is 0 Å². The Bertz CT molecular complexity index is 1170. The maximum absolute atomic E-state index is 5.46. The third kappa shape index (κ3) is 3.59. The Kier molecular flexibility index (Phi) is 5.03. The van der Waals surface area contributed by atoms with Gasteiger partial charge in [-0.05, 0) is 37.3 Å². The van der Waals surface area contributed by atoms with Crippen molar-refractivity contribution in [2.75, 3.05) is 36.5 Å². The Hall–Kier alpha value is -3.45. The number of morpholine rings is 1. The molecule has 7 heteroatoms. The molecule has 0 spiro atoms. The van der Waals surface area contributed by atoms with Crippen molar-refractivity contribution in [1.29, 1.82) is 0 Å². The Morgan fingerprint density at radius 2 is 2.00 bits per heavy atom. The van der Waals surface area contributed by atoms with Gasteiger partial charge in [0.15, 0.2) is 0 Å². The monoisotopic (exact) mass is 400 g/mol. The smallest absolute Gasteiger partial charge is 0.227 e. The van der Waals surface area contributed by atoms with Crippen LogP contribution < -0.4 is 10.2 Å². The van der Waals surface area contributed by atoms with E-state index in [-0.39, 0.29) is 0 Å². The van der Waals surface area contributed by atoms with Gasteiger partial charge >= 0.3 is 0 Å². The van der Waals surface area contributed by atoms with Gasteiger partial charge in [-0.15, -0.1) is 0 Å². The van der Waals surface area contributed by atoms with Gasteiger partial charge in [-0.1, -0.05) is 6.07 Å². The highest BCUT2D eigenvalue weighted by Crippen LogP contribution is 2.30. The number of hydrogen-bond acceptors (Lipinski definition) is 6. The van der Waals surface area contributed by atoms with E-state index in [0.29, 0.717) is 5.95 Å². The van der Waals surface area contributed by atoms with Gasteiger partial charge in [-0.2, -0.15) is 0 Å². The number of aromatic nitrogens is 4. The minimum absolute atomic E-state index is 0.582. The van der Waals surface area contributed by atoms with E-state index in [1.807, 2.05) is 30.6 Å². The molecule has 0 bridgehead atoms. The van der Waals surface area contributed by atoms with Gasteiger partial charge in [0.05, 0.1) is 30.6 Å². The van der Waals surface area contributed by atoms with Crippen molar-refractivity contribution in [3.8, 4) is 11.3 Å². The van der Waals surface area contributed by atoms with Gasteiger partial charge in [0.2, 0.25) is 5.95 Å². The van der Waals surface area contributed by atoms with Crippen LogP contribution in [0.1, 0.15) is 6.92 Å². The van der Waals surface area contributed by atoms with Gasteiger partial charge in [-0.25, -0.2) is 9.97 Å². The second-order valence-corrected chi connectivity index (χ2v) is 7.26. The molecule has 0 aliphatic carbocycles. The van der Waals surface area contributed by atoms with Gasteiger partial charge < -0.3 is 19.5 Å². The number of pyridine rings is 1. The van der Waals surface area contributed by atoms with Crippen LogP contribution in [0.5, 0.6) is 0 Å². The molecule has 7 nitrogen and oxygen atoms in total. The van der Waals surface area contributed by atoms with E-state index >= 15 is 0 Å². The minimum atomic E-state index is 0.582. The molecule has 5 rings (SSSR count). The molecular formula is C23H24N6O. The summed E-state index contributed by atoms with van der Waals surface area (Å²) in [7, 11) is 0. The summed E-state index contributed by atoms with van der Waals surface area (Å²) >= 11 is 0. The third-order valence-corrected chi connectivity index (χ3v) is 5.44. The summed E-state index contributed by atoms with van der Waals surface area (Å²) in [4.78, 5) is 15.8. The molecular weight excluding hydrogens is 376 g/mol. The van der Waals surface area contributed by atoms with Gasteiger partial charge in [0.1, 0.15) is 0 Å². The predicted octanol–water partition coefficient (Wildman–Crippen LogP) is 4.09. The lowest BCUT2D eigenvalue weighted by atomic mass is 10.1. The highest BCUT2D eigenvalue weighted by molar-refractivity contribution is 5.94. The summed E-state index contributed by atoms with van der Waals surface area (Å²) in [5, 5.41) is 4.51. The van der Waals surface area contributed by atoms with Crippen LogP contribution in [0.2, 0.25) is 0 Å². The van der Waals surface area contributed by atoms with Crippen molar-refractivity contribution >= 4 is 28.2 Å². The van der Waals surface area contributed by atoms with E-state index in [1.165, 1.54) is 5.69 Å². The summed E-state index contributed by atoms with van der Waals surface area (Å²) in [5.41, 5.74) is 5.23. The summed E-state index contributed by atoms with van der Waals surface area (Å²) in [6.45, 7) is 6.36. The highest BCUT2D eigenvalue weighted by Gasteiger charge is 2.13. The van der Waals surface area contributed by atoms with Crippen molar-refractivity contribution < 1.29 is 4.74 Å². The zero-order valence-corrected chi connectivity index (χ0v) is 17.0. The quantitative estimate of drug-likeness (QED) is 0.544. The fourth-order valence-corrected chi connectivity index (χ4v) is 3.90. The molecule has 1 aromatic carbocycles. The summed E-state index contributed by atoms with van der Waals surface area (Å²) < 4.78 is 7.65. The van der Waals surface area contributed by atoms with Crippen molar-refractivity contribution in [3.05, 3.63) is 61.2 Å². The van der Waals surface area contributed by atoms with Gasteiger partial charge in [0.25, 0.3) is 0 Å². The molecule has 0 atom stereocenters. The molecule has 1 N–H and O–H groups in total. The molecule has 0 amide bonds. The van der Waals surface area contributed by atoms with E-state index in [4.69, 9.17) is 9.72 Å². The van der Waals surface area contributed by atoms with Crippen LogP contribution in [0.3, 0.4) is 0 Å². The predicted molar refractivity (Wildman–Crippen MR) is 119 cm³/mol. The number of rotatable bonds is 5. The second-order valence-electron chi connectivity index (χ2n) is 7.26. The molecule has 30 heavy (non-hydrogen) atoms. The SMILES string of the molecule is CCn1cc(-c2ccnc(Nc3cccc(N4CCOCC4)c3)n2)c2ccncc21. The van der Waals surface area contributed by atoms with Crippen LogP contribution >= 0.6 is 0 Å². The Morgan fingerprint density at radius 3 is 2.87 bits per heavy atom. The molecule has 1 aliphatic heterocycles. The number of hydrogen-bond donors (Lipinski definition) is 1. The third-order valence-electron chi connectivity index (χ3n) is 5.44. The Morgan fingerprint density at radius 1 is 1.10 bits per heavy atom. The molecule has 4 aromatic rings. The van der Waals surface area contributed by atoms with E-state index in [2.05, 4.69) is 56.1 Å². The minimum Gasteiger partial charge on any atom is -0.378 e. The molecule has 1 saturated heterocycles. The Labute approximate surface area is 175 Å². The molecule has 0 saturated carbocycles. The van der Waals surface area contributed by atoms with Gasteiger partial charge in [-0.3, -0.25) is 4.98 Å². The molecule has 0 unspecified atom stereocenters. The second kappa shape index (κ2) is 8.12. The fourth-order valence-electron chi connectivity index (χ4n) is 3.90. The number of ether oxygens (including phenoxy) is 1. The number of nitrogens with zero attached hydrogens (tertiary/aromatic N) is 5. The van der Waals surface area contributed by atoms with E-state index < -0.39 is 0 Å².